The predicted molar refractivity (Wildman–Crippen MR) is 89.9 cm³/mol. The smallest absolute Gasteiger partial charge is 0.159 e. The van der Waals surface area contributed by atoms with E-state index >= 15 is 0 Å². The molecule has 0 amide bonds. The summed E-state index contributed by atoms with van der Waals surface area (Å²) in [7, 11) is 0. The van der Waals surface area contributed by atoms with Crippen LogP contribution in [0.1, 0.15) is 29.8 Å². The van der Waals surface area contributed by atoms with Crippen molar-refractivity contribution in [2.75, 3.05) is 0 Å². The van der Waals surface area contributed by atoms with E-state index in [0.29, 0.717) is 17.8 Å². The highest BCUT2D eigenvalue weighted by atomic mass is 19.2. The van der Waals surface area contributed by atoms with E-state index in [-0.39, 0.29) is 11.9 Å². The molecule has 0 bridgehead atoms. The van der Waals surface area contributed by atoms with E-state index in [1.54, 1.807) is 29.1 Å². The first-order valence-electron chi connectivity index (χ1n) is 7.93. The lowest BCUT2D eigenvalue weighted by Crippen LogP contribution is -2.18. The summed E-state index contributed by atoms with van der Waals surface area (Å²) in [6.07, 6.45) is 1.73. The molecule has 3 aromatic rings. The molecule has 0 saturated heterocycles. The van der Waals surface area contributed by atoms with Gasteiger partial charge in [-0.1, -0.05) is 12.1 Å². The molecule has 25 heavy (non-hydrogen) atoms. The highest BCUT2D eigenvalue weighted by Gasteiger charge is 2.14. The zero-order valence-electron chi connectivity index (χ0n) is 13.9. The predicted octanol–water partition coefficient (Wildman–Crippen LogP) is 4.45. The van der Waals surface area contributed by atoms with Gasteiger partial charge in [0.2, 0.25) is 0 Å². The first kappa shape index (κ1) is 17.2. The van der Waals surface area contributed by atoms with Crippen molar-refractivity contribution in [1.82, 2.24) is 15.1 Å². The van der Waals surface area contributed by atoms with E-state index in [1.807, 2.05) is 13.8 Å². The SMILES string of the molecule is Cc1c([C@@H](C)NCc2ccc(F)c(F)c2)cnn1-c1cccc(F)c1. The highest BCUT2D eigenvalue weighted by molar-refractivity contribution is 5.36. The van der Waals surface area contributed by atoms with Crippen molar-refractivity contribution in [3.8, 4) is 5.69 Å². The number of halogens is 3. The second-order valence-electron chi connectivity index (χ2n) is 5.93. The van der Waals surface area contributed by atoms with Gasteiger partial charge in [0.15, 0.2) is 11.6 Å². The largest absolute Gasteiger partial charge is 0.306 e. The Kier molecular flexibility index (Phi) is 4.90. The summed E-state index contributed by atoms with van der Waals surface area (Å²) in [5.41, 5.74) is 3.14. The monoisotopic (exact) mass is 345 g/mol. The minimum absolute atomic E-state index is 0.0598. The van der Waals surface area contributed by atoms with E-state index in [1.165, 1.54) is 18.2 Å². The van der Waals surface area contributed by atoms with Gasteiger partial charge in [0.05, 0.1) is 11.9 Å². The fourth-order valence-electron chi connectivity index (χ4n) is 2.75. The second kappa shape index (κ2) is 7.11. The molecule has 0 aliphatic rings. The lowest BCUT2D eigenvalue weighted by molar-refractivity contribution is 0.503. The number of hydrogen-bond acceptors (Lipinski definition) is 2. The molecule has 130 valence electrons. The van der Waals surface area contributed by atoms with Crippen LogP contribution in [-0.4, -0.2) is 9.78 Å². The van der Waals surface area contributed by atoms with Gasteiger partial charge >= 0.3 is 0 Å². The molecular formula is C19H18F3N3. The van der Waals surface area contributed by atoms with Crippen LogP contribution in [0.2, 0.25) is 0 Å². The first-order chi connectivity index (χ1) is 12.0. The van der Waals surface area contributed by atoms with Crippen molar-refractivity contribution in [1.29, 1.82) is 0 Å². The van der Waals surface area contributed by atoms with Crippen molar-refractivity contribution in [3.63, 3.8) is 0 Å². The van der Waals surface area contributed by atoms with Crippen LogP contribution in [0.4, 0.5) is 13.2 Å². The molecule has 0 unspecified atom stereocenters. The quantitative estimate of drug-likeness (QED) is 0.740. The third kappa shape index (κ3) is 3.74. The Balaban J connectivity index is 1.74. The van der Waals surface area contributed by atoms with E-state index in [0.717, 1.165) is 17.3 Å². The lowest BCUT2D eigenvalue weighted by Gasteiger charge is -2.14. The summed E-state index contributed by atoms with van der Waals surface area (Å²) >= 11 is 0. The van der Waals surface area contributed by atoms with Crippen molar-refractivity contribution < 1.29 is 13.2 Å². The fraction of sp³-hybridized carbons (Fsp3) is 0.211. The van der Waals surface area contributed by atoms with Crippen molar-refractivity contribution >= 4 is 0 Å². The molecule has 1 atom stereocenters. The molecule has 1 heterocycles. The summed E-state index contributed by atoms with van der Waals surface area (Å²) in [5.74, 6) is -2.04. The highest BCUT2D eigenvalue weighted by Crippen LogP contribution is 2.21. The molecule has 0 radical (unpaired) electrons. The van der Waals surface area contributed by atoms with Crippen LogP contribution in [0.25, 0.3) is 5.69 Å². The topological polar surface area (TPSA) is 29.9 Å². The molecule has 6 heteroatoms. The zero-order valence-corrected chi connectivity index (χ0v) is 13.9. The molecule has 0 aliphatic heterocycles. The van der Waals surface area contributed by atoms with Crippen LogP contribution in [0, 0.1) is 24.4 Å². The Bertz CT molecular complexity index is 889. The maximum absolute atomic E-state index is 13.4. The number of hydrogen-bond donors (Lipinski definition) is 1. The Labute approximate surface area is 144 Å². The molecule has 1 N–H and O–H groups in total. The fourth-order valence-corrected chi connectivity index (χ4v) is 2.75. The number of nitrogens with zero attached hydrogens (tertiary/aromatic N) is 2. The Morgan fingerprint density at radius 2 is 1.88 bits per heavy atom. The second-order valence-corrected chi connectivity index (χ2v) is 5.93. The van der Waals surface area contributed by atoms with Gasteiger partial charge in [0, 0.05) is 23.8 Å². The summed E-state index contributed by atoms with van der Waals surface area (Å²) in [6.45, 7) is 4.26. The van der Waals surface area contributed by atoms with Crippen LogP contribution in [0.3, 0.4) is 0 Å². The number of benzene rings is 2. The van der Waals surface area contributed by atoms with Gasteiger partial charge in [0.1, 0.15) is 5.82 Å². The van der Waals surface area contributed by atoms with E-state index in [9.17, 15) is 13.2 Å². The summed E-state index contributed by atoms with van der Waals surface area (Å²) in [5, 5.41) is 7.59. The van der Waals surface area contributed by atoms with Crippen molar-refractivity contribution in [2.45, 2.75) is 26.4 Å². The molecule has 1 aromatic heterocycles. The molecule has 0 aliphatic carbocycles. The van der Waals surface area contributed by atoms with E-state index in [2.05, 4.69) is 10.4 Å². The number of rotatable bonds is 5. The molecule has 2 aromatic carbocycles. The van der Waals surface area contributed by atoms with E-state index < -0.39 is 11.6 Å². The van der Waals surface area contributed by atoms with Crippen LogP contribution in [0.15, 0.2) is 48.7 Å². The molecule has 0 fully saturated rings. The third-order valence-corrected chi connectivity index (χ3v) is 4.16. The average Bonchev–Trinajstić information content (AvgIpc) is 2.97. The Hall–Kier alpha value is -2.60. The normalized spacial score (nSPS) is 12.4. The molecule has 0 spiro atoms. The maximum atomic E-state index is 13.4. The summed E-state index contributed by atoms with van der Waals surface area (Å²) in [4.78, 5) is 0. The van der Waals surface area contributed by atoms with Crippen molar-refractivity contribution in [2.24, 2.45) is 0 Å². The van der Waals surface area contributed by atoms with Crippen LogP contribution >= 0.6 is 0 Å². The summed E-state index contributed by atoms with van der Waals surface area (Å²) in [6, 6.07) is 10.0. The minimum Gasteiger partial charge on any atom is -0.306 e. The Morgan fingerprint density at radius 1 is 1.08 bits per heavy atom. The zero-order chi connectivity index (χ0) is 18.0. The van der Waals surface area contributed by atoms with Gasteiger partial charge in [-0.3, -0.25) is 0 Å². The van der Waals surface area contributed by atoms with Gasteiger partial charge < -0.3 is 5.32 Å². The van der Waals surface area contributed by atoms with E-state index in [4.69, 9.17) is 0 Å². The van der Waals surface area contributed by atoms with Gasteiger partial charge in [-0.25, -0.2) is 17.9 Å². The maximum Gasteiger partial charge on any atom is 0.159 e. The average molecular weight is 345 g/mol. The lowest BCUT2D eigenvalue weighted by atomic mass is 10.1. The first-order valence-corrected chi connectivity index (χ1v) is 7.93. The standard InChI is InChI=1S/C19H18F3N3/c1-12(23-10-14-6-7-18(21)19(22)8-14)17-11-24-25(13(17)2)16-5-3-4-15(20)9-16/h3-9,11-12,23H,10H2,1-2H3/t12-/m1/s1. The number of nitrogens with one attached hydrogen (secondary N) is 1. The third-order valence-electron chi connectivity index (χ3n) is 4.16. The number of aromatic nitrogens is 2. The summed E-state index contributed by atoms with van der Waals surface area (Å²) < 4.78 is 41.3. The van der Waals surface area contributed by atoms with Crippen LogP contribution in [0.5, 0.6) is 0 Å². The van der Waals surface area contributed by atoms with Gasteiger partial charge in [-0.15, -0.1) is 0 Å². The van der Waals surface area contributed by atoms with Gasteiger partial charge in [-0.2, -0.15) is 5.10 Å². The minimum atomic E-state index is -0.859. The van der Waals surface area contributed by atoms with Gasteiger partial charge in [-0.05, 0) is 49.7 Å². The molecule has 3 rings (SSSR count). The van der Waals surface area contributed by atoms with Gasteiger partial charge in [0.25, 0.3) is 0 Å². The molecule has 3 nitrogen and oxygen atoms in total. The molecule has 0 saturated carbocycles. The van der Waals surface area contributed by atoms with Crippen LogP contribution < -0.4 is 5.32 Å². The Morgan fingerprint density at radius 3 is 2.60 bits per heavy atom. The molecular weight excluding hydrogens is 327 g/mol. The van der Waals surface area contributed by atoms with Crippen LogP contribution in [-0.2, 0) is 6.54 Å². The van der Waals surface area contributed by atoms with Crippen molar-refractivity contribution in [3.05, 3.63) is 82.9 Å².